The van der Waals surface area contributed by atoms with Gasteiger partial charge in [-0.25, -0.2) is 4.39 Å². The van der Waals surface area contributed by atoms with Crippen molar-refractivity contribution in [2.75, 3.05) is 11.9 Å². The second kappa shape index (κ2) is 10.6. The molecule has 6 heteroatoms. The highest BCUT2D eigenvalue weighted by Crippen LogP contribution is 2.32. The molecular formula is C26H22ClFN2O2. The maximum Gasteiger partial charge on any atom is 0.266 e. The van der Waals surface area contributed by atoms with Crippen LogP contribution in [0.4, 0.5) is 10.1 Å². The van der Waals surface area contributed by atoms with Crippen LogP contribution in [0.5, 0.6) is 5.75 Å². The van der Waals surface area contributed by atoms with E-state index in [0.717, 1.165) is 11.1 Å². The number of ether oxygens (including phenoxy) is 1. The van der Waals surface area contributed by atoms with E-state index in [4.69, 9.17) is 16.3 Å². The van der Waals surface area contributed by atoms with Gasteiger partial charge in [-0.05, 0) is 67.4 Å². The van der Waals surface area contributed by atoms with Crippen molar-refractivity contribution in [2.45, 2.75) is 20.3 Å². The monoisotopic (exact) mass is 448 g/mol. The molecule has 4 nitrogen and oxygen atoms in total. The maximum absolute atomic E-state index is 13.6. The minimum absolute atomic E-state index is 0.0676. The van der Waals surface area contributed by atoms with Crippen molar-refractivity contribution in [1.29, 1.82) is 5.26 Å². The molecule has 3 aromatic carbocycles. The van der Waals surface area contributed by atoms with Gasteiger partial charge in [0.05, 0.1) is 6.61 Å². The Morgan fingerprint density at radius 2 is 1.94 bits per heavy atom. The molecule has 162 valence electrons. The first-order chi connectivity index (χ1) is 15.4. The summed E-state index contributed by atoms with van der Waals surface area (Å²) in [5, 5.41) is 12.6. The molecule has 1 N–H and O–H groups in total. The fourth-order valence-corrected chi connectivity index (χ4v) is 3.46. The van der Waals surface area contributed by atoms with E-state index in [1.807, 2.05) is 38.1 Å². The number of nitrogens with one attached hydrogen (secondary N) is 1. The SMILES string of the molecule is CCOc1cc(/C=C(\C#N)C(=O)Nc2ccc(C)cc2)cc(Cl)c1Cc1cccc(F)c1. The quantitative estimate of drug-likeness (QED) is 0.339. The first-order valence-electron chi connectivity index (χ1n) is 10.1. The summed E-state index contributed by atoms with van der Waals surface area (Å²) >= 11 is 6.52. The van der Waals surface area contributed by atoms with Crippen LogP contribution >= 0.6 is 11.6 Å². The zero-order valence-corrected chi connectivity index (χ0v) is 18.5. The van der Waals surface area contributed by atoms with E-state index in [1.165, 1.54) is 18.2 Å². The summed E-state index contributed by atoms with van der Waals surface area (Å²) in [7, 11) is 0. The first kappa shape index (κ1) is 23.1. The standard InChI is InChI=1S/C26H22ClFN2O2/c1-3-32-25-15-19(14-24(27)23(25)13-18-5-4-6-21(28)12-18)11-20(16-29)26(31)30-22-9-7-17(2)8-10-22/h4-12,14-15H,3,13H2,1-2H3,(H,30,31)/b20-11+. The van der Waals surface area contributed by atoms with Gasteiger partial charge in [-0.15, -0.1) is 0 Å². The van der Waals surface area contributed by atoms with Crippen molar-refractivity contribution in [3.05, 3.63) is 99.3 Å². The molecule has 0 aliphatic heterocycles. The van der Waals surface area contributed by atoms with Crippen LogP contribution in [-0.2, 0) is 11.2 Å². The van der Waals surface area contributed by atoms with E-state index in [0.29, 0.717) is 40.6 Å². The number of carbonyl (C=O) groups excluding carboxylic acids is 1. The van der Waals surface area contributed by atoms with E-state index >= 15 is 0 Å². The summed E-state index contributed by atoms with van der Waals surface area (Å²) < 4.78 is 19.3. The molecule has 0 spiro atoms. The fraction of sp³-hybridized carbons (Fsp3) is 0.154. The van der Waals surface area contributed by atoms with Gasteiger partial charge in [0.1, 0.15) is 23.2 Å². The summed E-state index contributed by atoms with van der Waals surface area (Å²) in [4.78, 5) is 12.6. The number of carbonyl (C=O) groups is 1. The Bertz CT molecular complexity index is 1200. The summed E-state index contributed by atoms with van der Waals surface area (Å²) in [5.74, 6) is -0.324. The van der Waals surface area contributed by atoms with Crippen LogP contribution in [0.1, 0.15) is 29.2 Å². The normalized spacial score (nSPS) is 11.0. The number of amides is 1. The number of nitriles is 1. The number of aryl methyl sites for hydroxylation is 1. The topological polar surface area (TPSA) is 62.1 Å². The number of nitrogens with zero attached hydrogens (tertiary/aromatic N) is 1. The molecule has 0 saturated carbocycles. The Morgan fingerprint density at radius 3 is 2.59 bits per heavy atom. The molecule has 0 fully saturated rings. The Balaban J connectivity index is 1.90. The van der Waals surface area contributed by atoms with Gasteiger partial charge in [-0.2, -0.15) is 5.26 Å². The Kier molecular flexibility index (Phi) is 7.64. The Morgan fingerprint density at radius 1 is 1.19 bits per heavy atom. The molecule has 0 radical (unpaired) electrons. The smallest absolute Gasteiger partial charge is 0.266 e. The largest absolute Gasteiger partial charge is 0.494 e. The van der Waals surface area contributed by atoms with Crippen molar-refractivity contribution >= 4 is 29.3 Å². The summed E-state index contributed by atoms with van der Waals surface area (Å²) in [5.41, 5.74) is 3.61. The Labute approximate surface area is 191 Å². The van der Waals surface area contributed by atoms with Crippen molar-refractivity contribution in [3.63, 3.8) is 0 Å². The number of benzene rings is 3. The molecule has 0 atom stereocenters. The minimum atomic E-state index is -0.519. The summed E-state index contributed by atoms with van der Waals surface area (Å²) in [6.45, 7) is 4.20. The van der Waals surface area contributed by atoms with Gasteiger partial charge < -0.3 is 10.1 Å². The fourth-order valence-electron chi connectivity index (χ4n) is 3.17. The molecule has 0 aliphatic rings. The molecule has 0 bridgehead atoms. The van der Waals surface area contributed by atoms with E-state index in [2.05, 4.69) is 5.32 Å². The van der Waals surface area contributed by atoms with Gasteiger partial charge >= 0.3 is 0 Å². The van der Waals surface area contributed by atoms with Gasteiger partial charge in [0.25, 0.3) is 5.91 Å². The Hall–Kier alpha value is -3.62. The van der Waals surface area contributed by atoms with Crippen molar-refractivity contribution in [3.8, 4) is 11.8 Å². The number of hydrogen-bond donors (Lipinski definition) is 1. The van der Waals surface area contributed by atoms with E-state index < -0.39 is 5.91 Å². The zero-order valence-electron chi connectivity index (χ0n) is 17.8. The lowest BCUT2D eigenvalue weighted by atomic mass is 10.0. The van der Waals surface area contributed by atoms with E-state index in [9.17, 15) is 14.4 Å². The van der Waals surface area contributed by atoms with E-state index in [-0.39, 0.29) is 11.4 Å². The van der Waals surface area contributed by atoms with E-state index in [1.54, 1.807) is 30.3 Å². The minimum Gasteiger partial charge on any atom is -0.494 e. The van der Waals surface area contributed by atoms with Crippen molar-refractivity contribution < 1.29 is 13.9 Å². The molecule has 0 saturated heterocycles. The van der Waals surface area contributed by atoms with Gasteiger partial charge in [0.2, 0.25) is 0 Å². The predicted octanol–water partition coefficient (Wildman–Crippen LogP) is 6.32. The van der Waals surface area contributed by atoms with Crippen LogP contribution < -0.4 is 10.1 Å². The third-order valence-corrected chi connectivity index (χ3v) is 5.07. The summed E-state index contributed by atoms with van der Waals surface area (Å²) in [6, 6.07) is 18.9. The second-order valence-corrected chi connectivity index (χ2v) is 7.62. The number of halogens is 2. The number of hydrogen-bond acceptors (Lipinski definition) is 3. The zero-order chi connectivity index (χ0) is 23.1. The van der Waals surface area contributed by atoms with Gasteiger partial charge in [-0.3, -0.25) is 4.79 Å². The number of rotatable bonds is 7. The molecule has 0 aromatic heterocycles. The van der Waals surface area contributed by atoms with Crippen molar-refractivity contribution in [2.24, 2.45) is 0 Å². The lowest BCUT2D eigenvalue weighted by Gasteiger charge is -2.14. The predicted molar refractivity (Wildman–Crippen MR) is 125 cm³/mol. The lowest BCUT2D eigenvalue weighted by molar-refractivity contribution is -0.112. The second-order valence-electron chi connectivity index (χ2n) is 7.21. The first-order valence-corrected chi connectivity index (χ1v) is 10.5. The molecule has 0 heterocycles. The number of anilines is 1. The summed E-state index contributed by atoms with van der Waals surface area (Å²) in [6.07, 6.45) is 1.85. The highest BCUT2D eigenvalue weighted by Gasteiger charge is 2.14. The molecule has 1 amide bonds. The van der Waals surface area contributed by atoms with Crippen LogP contribution in [0, 0.1) is 24.1 Å². The third kappa shape index (κ3) is 5.96. The maximum atomic E-state index is 13.6. The van der Waals surface area contributed by atoms with Gasteiger partial charge in [0, 0.05) is 22.7 Å². The van der Waals surface area contributed by atoms with Crippen LogP contribution in [0.2, 0.25) is 5.02 Å². The molecule has 3 aromatic rings. The average Bonchev–Trinajstić information content (AvgIpc) is 2.76. The molecule has 0 unspecified atom stereocenters. The van der Waals surface area contributed by atoms with Crippen LogP contribution in [0.3, 0.4) is 0 Å². The van der Waals surface area contributed by atoms with Crippen LogP contribution in [0.15, 0.2) is 66.2 Å². The van der Waals surface area contributed by atoms with Gasteiger partial charge in [-0.1, -0.05) is 41.4 Å². The molecular weight excluding hydrogens is 427 g/mol. The van der Waals surface area contributed by atoms with Gasteiger partial charge in [0.15, 0.2) is 0 Å². The van der Waals surface area contributed by atoms with Crippen molar-refractivity contribution in [1.82, 2.24) is 0 Å². The molecule has 32 heavy (non-hydrogen) atoms. The highest BCUT2D eigenvalue weighted by atomic mass is 35.5. The molecule has 3 rings (SSSR count). The third-order valence-electron chi connectivity index (χ3n) is 4.73. The average molecular weight is 449 g/mol. The van der Waals surface area contributed by atoms with Crippen LogP contribution in [-0.4, -0.2) is 12.5 Å². The van der Waals surface area contributed by atoms with Crippen LogP contribution in [0.25, 0.3) is 6.08 Å². The highest BCUT2D eigenvalue weighted by molar-refractivity contribution is 6.31. The molecule has 0 aliphatic carbocycles. The lowest BCUT2D eigenvalue weighted by Crippen LogP contribution is -2.13.